The molecule has 2 amide bonds. The van der Waals surface area contributed by atoms with Crippen LogP contribution in [0.2, 0.25) is 0 Å². The molecule has 0 spiro atoms. The van der Waals surface area contributed by atoms with Crippen LogP contribution in [-0.2, 0) is 12.8 Å². The molecule has 0 heterocycles. The van der Waals surface area contributed by atoms with Gasteiger partial charge in [-0.3, -0.25) is 0 Å². The number of aryl methyl sites for hydroxylation is 2. The van der Waals surface area contributed by atoms with Gasteiger partial charge in [0.2, 0.25) is 0 Å². The Morgan fingerprint density at radius 1 is 1.18 bits per heavy atom. The molecule has 0 aliphatic heterocycles. The lowest BCUT2D eigenvalue weighted by Crippen LogP contribution is -2.42. The van der Waals surface area contributed by atoms with Gasteiger partial charge in [0.15, 0.2) is 0 Å². The Bertz CT molecular complexity index is 583. The Kier molecular flexibility index (Phi) is 3.59. The summed E-state index contributed by atoms with van der Waals surface area (Å²) in [5.41, 5.74) is 3.78. The summed E-state index contributed by atoms with van der Waals surface area (Å²) in [7, 11) is 0. The van der Waals surface area contributed by atoms with Gasteiger partial charge in [-0.1, -0.05) is 12.5 Å². The van der Waals surface area contributed by atoms with E-state index in [9.17, 15) is 4.79 Å². The number of anilines is 1. The van der Waals surface area contributed by atoms with E-state index in [-0.39, 0.29) is 12.1 Å². The van der Waals surface area contributed by atoms with E-state index in [0.717, 1.165) is 23.9 Å². The third-order valence-electron chi connectivity index (χ3n) is 6.15. The molecule has 1 aromatic carbocycles. The lowest BCUT2D eigenvalue weighted by atomic mass is 9.84. The number of amides is 2. The van der Waals surface area contributed by atoms with Crippen LogP contribution in [0.15, 0.2) is 18.2 Å². The molecule has 22 heavy (non-hydrogen) atoms. The maximum Gasteiger partial charge on any atom is 0.319 e. The summed E-state index contributed by atoms with van der Waals surface area (Å²) in [6.07, 6.45) is 9.06. The van der Waals surface area contributed by atoms with Gasteiger partial charge in [-0.2, -0.15) is 0 Å². The highest BCUT2D eigenvalue weighted by Gasteiger charge is 2.42. The summed E-state index contributed by atoms with van der Waals surface area (Å²) >= 11 is 0. The molecule has 3 aliphatic carbocycles. The minimum atomic E-state index is -0.0479. The quantitative estimate of drug-likeness (QED) is 0.866. The molecule has 0 unspecified atom stereocenters. The molecule has 2 saturated carbocycles. The molecule has 118 valence electrons. The summed E-state index contributed by atoms with van der Waals surface area (Å²) in [5.74, 6) is 2.46. The number of benzene rings is 1. The van der Waals surface area contributed by atoms with E-state index in [2.05, 4.69) is 29.7 Å². The van der Waals surface area contributed by atoms with Crippen molar-refractivity contribution < 1.29 is 4.79 Å². The second-order valence-corrected chi connectivity index (χ2v) is 7.56. The molecular weight excluding hydrogens is 272 g/mol. The molecule has 0 aromatic heterocycles. The SMILES string of the molecule is C[C@@H](NC(=O)Nc1ccc2c(c1)CCC2)[C@@H]1C[C@@H]2CC[C@@H]1C2. The average Bonchev–Trinajstić information content (AvgIpc) is 3.22. The molecule has 0 radical (unpaired) electrons. The van der Waals surface area contributed by atoms with E-state index in [1.165, 1.54) is 49.7 Å². The van der Waals surface area contributed by atoms with Crippen LogP contribution >= 0.6 is 0 Å². The fraction of sp³-hybridized carbons (Fsp3) is 0.632. The number of urea groups is 1. The molecule has 1 aromatic rings. The second kappa shape index (κ2) is 5.60. The van der Waals surface area contributed by atoms with E-state index in [4.69, 9.17) is 0 Å². The first-order chi connectivity index (χ1) is 10.7. The third-order valence-corrected chi connectivity index (χ3v) is 6.15. The zero-order valence-corrected chi connectivity index (χ0v) is 13.4. The molecule has 0 saturated heterocycles. The van der Waals surface area contributed by atoms with Gasteiger partial charge in [-0.05, 0) is 86.5 Å². The van der Waals surface area contributed by atoms with Crippen molar-refractivity contribution in [2.45, 2.75) is 57.9 Å². The Balaban J connectivity index is 1.34. The first-order valence-corrected chi connectivity index (χ1v) is 8.88. The van der Waals surface area contributed by atoms with Crippen molar-refractivity contribution in [3.63, 3.8) is 0 Å². The van der Waals surface area contributed by atoms with Crippen molar-refractivity contribution in [1.29, 1.82) is 0 Å². The Morgan fingerprint density at radius 3 is 2.82 bits per heavy atom. The van der Waals surface area contributed by atoms with Gasteiger partial charge in [-0.15, -0.1) is 0 Å². The summed E-state index contributed by atoms with van der Waals surface area (Å²) in [6.45, 7) is 2.17. The molecule has 3 heteroatoms. The fourth-order valence-corrected chi connectivity index (χ4v) is 5.04. The highest BCUT2D eigenvalue weighted by molar-refractivity contribution is 5.89. The molecule has 4 rings (SSSR count). The monoisotopic (exact) mass is 298 g/mol. The highest BCUT2D eigenvalue weighted by atomic mass is 16.2. The topological polar surface area (TPSA) is 41.1 Å². The first-order valence-electron chi connectivity index (χ1n) is 8.88. The van der Waals surface area contributed by atoms with E-state index in [1.807, 2.05) is 6.07 Å². The normalized spacial score (nSPS) is 30.1. The maximum atomic E-state index is 12.3. The Hall–Kier alpha value is -1.51. The standard InChI is InChI=1S/C19H26N2O/c1-12(18-10-13-5-6-16(18)9-13)20-19(22)21-17-8-7-14-3-2-4-15(14)11-17/h7-8,11-13,16,18H,2-6,9-10H2,1H3,(H2,20,21,22)/t12-,13-,16-,18+/m1/s1. The number of carbonyl (C=O) groups excluding carboxylic acids is 1. The van der Waals surface area contributed by atoms with Crippen molar-refractivity contribution in [2.24, 2.45) is 17.8 Å². The molecule has 2 fully saturated rings. The van der Waals surface area contributed by atoms with Crippen LogP contribution in [0.5, 0.6) is 0 Å². The predicted octanol–water partition coefficient (Wildman–Crippen LogP) is 4.12. The van der Waals surface area contributed by atoms with Crippen LogP contribution in [0, 0.1) is 17.8 Å². The smallest absolute Gasteiger partial charge is 0.319 e. The molecule has 2 bridgehead atoms. The molecule has 3 nitrogen and oxygen atoms in total. The lowest BCUT2D eigenvalue weighted by Gasteiger charge is -2.28. The van der Waals surface area contributed by atoms with Crippen LogP contribution in [-0.4, -0.2) is 12.1 Å². The van der Waals surface area contributed by atoms with Crippen LogP contribution in [0.4, 0.5) is 10.5 Å². The van der Waals surface area contributed by atoms with Gasteiger partial charge in [0.25, 0.3) is 0 Å². The molecule has 4 atom stereocenters. The van der Waals surface area contributed by atoms with E-state index >= 15 is 0 Å². The Labute approximate surface area is 132 Å². The molecule has 2 N–H and O–H groups in total. The summed E-state index contributed by atoms with van der Waals surface area (Å²) in [6, 6.07) is 6.57. The van der Waals surface area contributed by atoms with E-state index < -0.39 is 0 Å². The van der Waals surface area contributed by atoms with Gasteiger partial charge in [0.05, 0.1) is 0 Å². The van der Waals surface area contributed by atoms with E-state index in [1.54, 1.807) is 0 Å². The number of fused-ring (bicyclic) bond motifs is 3. The van der Waals surface area contributed by atoms with Gasteiger partial charge in [0.1, 0.15) is 0 Å². The van der Waals surface area contributed by atoms with Crippen molar-refractivity contribution in [1.82, 2.24) is 5.32 Å². The predicted molar refractivity (Wildman–Crippen MR) is 89.0 cm³/mol. The third kappa shape index (κ3) is 2.62. The van der Waals surface area contributed by atoms with Crippen molar-refractivity contribution in [3.8, 4) is 0 Å². The summed E-state index contributed by atoms with van der Waals surface area (Å²) in [5, 5.41) is 6.19. The average molecular weight is 298 g/mol. The van der Waals surface area contributed by atoms with Crippen molar-refractivity contribution in [3.05, 3.63) is 29.3 Å². The number of rotatable bonds is 3. The van der Waals surface area contributed by atoms with Gasteiger partial charge >= 0.3 is 6.03 Å². The highest BCUT2D eigenvalue weighted by Crippen LogP contribution is 2.49. The zero-order chi connectivity index (χ0) is 15.1. The minimum Gasteiger partial charge on any atom is -0.335 e. The first kappa shape index (κ1) is 14.1. The summed E-state index contributed by atoms with van der Waals surface area (Å²) in [4.78, 5) is 12.3. The number of carbonyl (C=O) groups is 1. The minimum absolute atomic E-state index is 0.0479. The van der Waals surface area contributed by atoms with Gasteiger partial charge in [-0.25, -0.2) is 4.79 Å². The van der Waals surface area contributed by atoms with E-state index in [0.29, 0.717) is 5.92 Å². The van der Waals surface area contributed by atoms with Crippen LogP contribution < -0.4 is 10.6 Å². The largest absolute Gasteiger partial charge is 0.335 e. The number of hydrogen-bond acceptors (Lipinski definition) is 1. The fourth-order valence-electron chi connectivity index (χ4n) is 5.04. The number of hydrogen-bond donors (Lipinski definition) is 2. The second-order valence-electron chi connectivity index (χ2n) is 7.56. The Morgan fingerprint density at radius 2 is 2.05 bits per heavy atom. The van der Waals surface area contributed by atoms with Crippen LogP contribution in [0.25, 0.3) is 0 Å². The maximum absolute atomic E-state index is 12.3. The van der Waals surface area contributed by atoms with Gasteiger partial charge < -0.3 is 10.6 Å². The number of nitrogens with one attached hydrogen (secondary N) is 2. The van der Waals surface area contributed by atoms with Crippen LogP contribution in [0.3, 0.4) is 0 Å². The summed E-state index contributed by atoms with van der Waals surface area (Å²) < 4.78 is 0. The molecule has 3 aliphatic rings. The van der Waals surface area contributed by atoms with Crippen LogP contribution in [0.1, 0.15) is 50.2 Å². The zero-order valence-electron chi connectivity index (χ0n) is 13.4. The van der Waals surface area contributed by atoms with Gasteiger partial charge in [0, 0.05) is 11.7 Å². The lowest BCUT2D eigenvalue weighted by molar-refractivity contribution is 0.230. The van der Waals surface area contributed by atoms with Crippen molar-refractivity contribution >= 4 is 11.7 Å². The molecular formula is C19H26N2O. The van der Waals surface area contributed by atoms with Crippen molar-refractivity contribution in [2.75, 3.05) is 5.32 Å².